The molecule has 0 N–H and O–H groups in total. The maximum absolute atomic E-state index is 9.39. The second-order valence-electron chi connectivity index (χ2n) is 0.693. The van der Waals surface area contributed by atoms with Gasteiger partial charge in [0.1, 0.15) is 0 Å². The van der Waals surface area contributed by atoms with Crippen LogP contribution in [0.25, 0.3) is 0 Å². The summed E-state index contributed by atoms with van der Waals surface area (Å²) in [6.07, 6.45) is 1.67. The van der Waals surface area contributed by atoms with E-state index >= 15 is 0 Å². The van der Waals surface area contributed by atoms with Gasteiger partial charge in [-0.2, -0.15) is 25.3 Å². The molecule has 0 unspecified atom stereocenters. The summed E-state index contributed by atoms with van der Waals surface area (Å²) in [5, 5.41) is 9.39. The SMILES string of the molecule is O=[N+]([O-])[C-]=C(S)S.[K+]. The Labute approximate surface area is 100 Å². The molecule has 0 atom stereocenters. The molecule has 0 spiro atoms. The van der Waals surface area contributed by atoms with Crippen LogP contribution in [-0.2, 0) is 0 Å². The minimum atomic E-state index is -0.741. The van der Waals surface area contributed by atoms with Gasteiger partial charge in [0.25, 0.3) is 0 Å². The number of rotatable bonds is 1. The maximum Gasteiger partial charge on any atom is 1.00 e. The molecule has 0 bridgehead atoms. The number of hydrogen-bond donors (Lipinski definition) is 2. The van der Waals surface area contributed by atoms with Crippen LogP contribution in [0.2, 0.25) is 0 Å². The molecule has 6 heteroatoms. The van der Waals surface area contributed by atoms with E-state index in [0.717, 1.165) is 0 Å². The van der Waals surface area contributed by atoms with Gasteiger partial charge in [0.2, 0.25) is 0 Å². The summed E-state index contributed by atoms with van der Waals surface area (Å²) in [6, 6.07) is 0. The predicted molar refractivity (Wildman–Crippen MR) is 31.7 cm³/mol. The Morgan fingerprint density at radius 1 is 1.62 bits per heavy atom. The van der Waals surface area contributed by atoms with E-state index in [9.17, 15) is 10.1 Å². The van der Waals surface area contributed by atoms with Crippen molar-refractivity contribution >= 4 is 25.3 Å². The standard InChI is InChI=1S/C2H2NO2S2.K/c4-3(5)1-2(6)7;/h6-7H;/q-1;+1. The van der Waals surface area contributed by atoms with Gasteiger partial charge in [-0.3, -0.25) is 10.1 Å². The maximum atomic E-state index is 9.39. The fourth-order valence-electron chi connectivity index (χ4n) is 0.0816. The van der Waals surface area contributed by atoms with Crippen LogP contribution >= 0.6 is 25.3 Å². The van der Waals surface area contributed by atoms with Gasteiger partial charge < -0.3 is 0 Å². The Kier molecular flexibility index (Phi) is 10.0. The number of thiol groups is 2. The van der Waals surface area contributed by atoms with Crippen LogP contribution in [0.15, 0.2) is 4.24 Å². The molecule has 0 aliphatic carbocycles. The molecule has 0 aliphatic heterocycles. The Hall–Kier alpha value is 1.48. The van der Waals surface area contributed by atoms with Crippen molar-refractivity contribution in [3.8, 4) is 0 Å². The van der Waals surface area contributed by atoms with Crippen molar-refractivity contribution < 1.29 is 56.3 Å². The summed E-state index contributed by atoms with van der Waals surface area (Å²) in [7, 11) is 0. The van der Waals surface area contributed by atoms with E-state index in [0.29, 0.717) is 0 Å². The Bertz CT molecular complexity index is 111. The summed E-state index contributed by atoms with van der Waals surface area (Å²) in [5.41, 5.74) is 0. The molecule has 0 rings (SSSR count). The molecule has 0 aromatic carbocycles. The molecule has 0 saturated carbocycles. The average molecular weight is 175 g/mol. The van der Waals surface area contributed by atoms with Gasteiger partial charge in [0, 0.05) is 0 Å². The molecular formula is C2H2KNO2S2. The molecule has 0 amide bonds. The van der Waals surface area contributed by atoms with Crippen molar-refractivity contribution in [3.05, 3.63) is 20.6 Å². The summed E-state index contributed by atoms with van der Waals surface area (Å²) >= 11 is 6.93. The zero-order valence-corrected chi connectivity index (χ0v) is 9.07. The predicted octanol–water partition coefficient (Wildman–Crippen LogP) is -2.27. The smallest absolute Gasteiger partial charge is 0.297 e. The van der Waals surface area contributed by atoms with E-state index in [4.69, 9.17) is 0 Å². The van der Waals surface area contributed by atoms with Crippen LogP contribution in [0, 0.1) is 16.3 Å². The summed E-state index contributed by atoms with van der Waals surface area (Å²) in [5.74, 6) is 0. The molecule has 0 radical (unpaired) electrons. The summed E-state index contributed by atoms with van der Waals surface area (Å²) in [6.45, 7) is 0. The Balaban J connectivity index is 0. The van der Waals surface area contributed by atoms with E-state index in [1.54, 1.807) is 6.20 Å². The number of nitrogens with zero attached hydrogens (tertiary/aromatic N) is 1. The second kappa shape index (κ2) is 6.59. The van der Waals surface area contributed by atoms with Gasteiger partial charge >= 0.3 is 51.4 Å². The van der Waals surface area contributed by atoms with Gasteiger partial charge in [0.15, 0.2) is 0 Å². The minimum absolute atomic E-state index is 0. The molecule has 8 heavy (non-hydrogen) atoms. The van der Waals surface area contributed by atoms with Crippen molar-refractivity contribution in [2.24, 2.45) is 0 Å². The summed E-state index contributed by atoms with van der Waals surface area (Å²) in [4.78, 5) is 8.64. The van der Waals surface area contributed by atoms with Crippen molar-refractivity contribution in [2.75, 3.05) is 0 Å². The number of nitro groups is 1. The first-order valence-electron chi connectivity index (χ1n) is 1.29. The minimum Gasteiger partial charge on any atom is -0.297 e. The topological polar surface area (TPSA) is 43.1 Å². The fourth-order valence-corrected chi connectivity index (χ4v) is 0.245. The fraction of sp³-hybridized carbons (Fsp3) is 0. The molecule has 0 fully saturated rings. The van der Waals surface area contributed by atoms with Crippen LogP contribution in [-0.4, -0.2) is 4.92 Å². The van der Waals surface area contributed by atoms with E-state index in [2.05, 4.69) is 25.3 Å². The first kappa shape index (κ1) is 12.2. The monoisotopic (exact) mass is 175 g/mol. The van der Waals surface area contributed by atoms with E-state index < -0.39 is 4.92 Å². The van der Waals surface area contributed by atoms with Gasteiger partial charge in [-0.05, 0) is 0 Å². The van der Waals surface area contributed by atoms with Crippen LogP contribution in [0.5, 0.6) is 0 Å². The van der Waals surface area contributed by atoms with Crippen LogP contribution < -0.4 is 51.4 Å². The molecule has 0 aromatic heterocycles. The van der Waals surface area contributed by atoms with Gasteiger partial charge in [-0.15, -0.1) is 4.92 Å². The third kappa shape index (κ3) is 10.5. The van der Waals surface area contributed by atoms with Crippen molar-refractivity contribution in [1.29, 1.82) is 0 Å². The number of hydrogen-bond acceptors (Lipinski definition) is 4. The third-order valence-electron chi connectivity index (χ3n) is 0.191. The Morgan fingerprint density at radius 2 is 2.00 bits per heavy atom. The molecule has 40 valence electrons. The van der Waals surface area contributed by atoms with Gasteiger partial charge in [0.05, 0.1) is 0 Å². The molecule has 0 aliphatic rings. The molecule has 3 nitrogen and oxygen atoms in total. The average Bonchev–Trinajstić information content (AvgIpc) is 1.27. The quantitative estimate of drug-likeness (QED) is 0.118. The van der Waals surface area contributed by atoms with E-state index in [1.807, 2.05) is 0 Å². The Morgan fingerprint density at radius 3 is 2.00 bits per heavy atom. The van der Waals surface area contributed by atoms with Crippen LogP contribution in [0.4, 0.5) is 0 Å². The van der Waals surface area contributed by atoms with Gasteiger partial charge in [-0.1, -0.05) is 10.4 Å². The summed E-state index contributed by atoms with van der Waals surface area (Å²) < 4.78 is -0.0231. The first-order valence-corrected chi connectivity index (χ1v) is 2.18. The van der Waals surface area contributed by atoms with E-state index in [-0.39, 0.29) is 55.6 Å². The van der Waals surface area contributed by atoms with E-state index in [1.165, 1.54) is 0 Å². The van der Waals surface area contributed by atoms with Crippen molar-refractivity contribution in [2.45, 2.75) is 0 Å². The van der Waals surface area contributed by atoms with Crippen LogP contribution in [0.1, 0.15) is 0 Å². The third-order valence-corrected chi connectivity index (χ3v) is 0.391. The molecule has 0 saturated heterocycles. The van der Waals surface area contributed by atoms with Crippen LogP contribution in [0.3, 0.4) is 0 Å². The zero-order valence-electron chi connectivity index (χ0n) is 4.16. The molecule has 0 aromatic rings. The normalized spacial score (nSPS) is 6.75. The van der Waals surface area contributed by atoms with Crippen molar-refractivity contribution in [3.63, 3.8) is 0 Å². The first-order chi connectivity index (χ1) is 3.13. The molecular weight excluding hydrogens is 173 g/mol. The van der Waals surface area contributed by atoms with Crippen molar-refractivity contribution in [1.82, 2.24) is 0 Å². The molecule has 0 heterocycles. The second-order valence-corrected chi connectivity index (χ2v) is 1.94. The zero-order chi connectivity index (χ0) is 5.86. The largest absolute Gasteiger partial charge is 1.00 e. The van der Waals surface area contributed by atoms with Gasteiger partial charge in [-0.25, -0.2) is 0 Å².